The monoisotopic (exact) mass is 308 g/mol. The molecule has 1 aliphatic rings. The highest BCUT2D eigenvalue weighted by Gasteiger charge is 2.20. The van der Waals surface area contributed by atoms with Crippen LogP contribution in [0.4, 0.5) is 16.2 Å². The summed E-state index contributed by atoms with van der Waals surface area (Å²) in [6.45, 7) is 0.773. The summed E-state index contributed by atoms with van der Waals surface area (Å²) in [6.07, 6.45) is 6.39. The maximum atomic E-state index is 12.8. The lowest BCUT2D eigenvalue weighted by Crippen LogP contribution is -2.39. The molecule has 2 amide bonds. The number of carbonyl (C=O) groups is 1. The van der Waals surface area contributed by atoms with Gasteiger partial charge in [-0.1, -0.05) is 55.7 Å². The van der Waals surface area contributed by atoms with Gasteiger partial charge in [0.05, 0.1) is 11.4 Å². The fourth-order valence-corrected chi connectivity index (χ4v) is 3.24. The van der Waals surface area contributed by atoms with Crippen LogP contribution >= 0.6 is 0 Å². The first kappa shape index (κ1) is 15.6. The molecule has 2 aromatic rings. The molecule has 0 aromatic heterocycles. The van der Waals surface area contributed by atoms with Crippen LogP contribution in [0.1, 0.15) is 32.1 Å². The Hall–Kier alpha value is -2.29. The number of carbonyl (C=O) groups excluding carboxylic acids is 1. The van der Waals surface area contributed by atoms with E-state index in [-0.39, 0.29) is 6.03 Å². The molecule has 3 nitrogen and oxygen atoms in total. The fourth-order valence-electron chi connectivity index (χ4n) is 3.24. The Labute approximate surface area is 138 Å². The van der Waals surface area contributed by atoms with E-state index in [4.69, 9.17) is 0 Å². The van der Waals surface area contributed by atoms with Crippen molar-refractivity contribution in [2.75, 3.05) is 11.4 Å². The lowest BCUT2D eigenvalue weighted by molar-refractivity contribution is 0.244. The third-order valence-corrected chi connectivity index (χ3v) is 4.50. The van der Waals surface area contributed by atoms with Gasteiger partial charge in [0.15, 0.2) is 0 Å². The Kier molecular flexibility index (Phi) is 5.30. The standard InChI is InChI=1S/C20H24N2O/c23-20(21-16-17-10-4-1-5-11-17)22(18-12-6-2-7-13-18)19-14-8-3-9-15-19/h2-3,6-9,12-15,17H,1,4-5,10-11,16H2,(H,21,23). The van der Waals surface area contributed by atoms with E-state index >= 15 is 0 Å². The summed E-state index contributed by atoms with van der Waals surface area (Å²) in [5, 5.41) is 3.14. The van der Waals surface area contributed by atoms with Crippen LogP contribution in [-0.2, 0) is 0 Å². The van der Waals surface area contributed by atoms with Gasteiger partial charge in [-0.3, -0.25) is 4.90 Å². The summed E-state index contributed by atoms with van der Waals surface area (Å²) in [5.74, 6) is 0.626. The molecule has 0 bridgehead atoms. The van der Waals surface area contributed by atoms with Gasteiger partial charge in [0, 0.05) is 6.54 Å². The SMILES string of the molecule is O=C(NCC1CCCCC1)N(c1ccccc1)c1ccccc1. The molecule has 1 saturated carbocycles. The van der Waals surface area contributed by atoms with Gasteiger partial charge < -0.3 is 5.32 Å². The van der Waals surface area contributed by atoms with E-state index in [1.165, 1.54) is 32.1 Å². The van der Waals surface area contributed by atoms with Crippen LogP contribution in [-0.4, -0.2) is 12.6 Å². The predicted molar refractivity (Wildman–Crippen MR) is 95.0 cm³/mol. The van der Waals surface area contributed by atoms with Gasteiger partial charge in [-0.2, -0.15) is 0 Å². The van der Waals surface area contributed by atoms with Crippen LogP contribution in [0, 0.1) is 5.92 Å². The topological polar surface area (TPSA) is 32.3 Å². The summed E-state index contributed by atoms with van der Waals surface area (Å²) >= 11 is 0. The van der Waals surface area contributed by atoms with Crippen molar-refractivity contribution in [1.82, 2.24) is 5.32 Å². The zero-order valence-corrected chi connectivity index (χ0v) is 13.4. The van der Waals surface area contributed by atoms with Gasteiger partial charge in [0.2, 0.25) is 0 Å². The molecule has 1 fully saturated rings. The Bertz CT molecular complexity index is 567. The van der Waals surface area contributed by atoms with E-state index in [2.05, 4.69) is 5.32 Å². The first-order valence-corrected chi connectivity index (χ1v) is 8.52. The van der Waals surface area contributed by atoms with E-state index < -0.39 is 0 Å². The molecule has 1 aliphatic carbocycles. The minimum Gasteiger partial charge on any atom is -0.337 e. The lowest BCUT2D eigenvalue weighted by Gasteiger charge is -2.26. The number of benzene rings is 2. The maximum Gasteiger partial charge on any atom is 0.326 e. The van der Waals surface area contributed by atoms with Crippen LogP contribution in [0.2, 0.25) is 0 Å². The smallest absolute Gasteiger partial charge is 0.326 e. The van der Waals surface area contributed by atoms with Gasteiger partial charge in [0.1, 0.15) is 0 Å². The maximum absolute atomic E-state index is 12.8. The highest BCUT2D eigenvalue weighted by Crippen LogP contribution is 2.26. The Morgan fingerprint density at radius 3 is 1.91 bits per heavy atom. The molecule has 3 heteroatoms. The van der Waals surface area contributed by atoms with Crippen molar-refractivity contribution in [2.45, 2.75) is 32.1 Å². The third kappa shape index (κ3) is 4.13. The van der Waals surface area contributed by atoms with E-state index in [0.717, 1.165) is 17.9 Å². The average molecular weight is 308 g/mol. The third-order valence-electron chi connectivity index (χ3n) is 4.50. The van der Waals surface area contributed by atoms with Crippen molar-refractivity contribution >= 4 is 17.4 Å². The molecule has 0 atom stereocenters. The van der Waals surface area contributed by atoms with Gasteiger partial charge in [-0.15, -0.1) is 0 Å². The first-order valence-electron chi connectivity index (χ1n) is 8.52. The van der Waals surface area contributed by atoms with Crippen molar-refractivity contribution in [2.24, 2.45) is 5.92 Å². The molecule has 0 heterocycles. The lowest BCUT2D eigenvalue weighted by atomic mass is 9.89. The van der Waals surface area contributed by atoms with Crippen molar-refractivity contribution in [3.05, 3.63) is 60.7 Å². The molecule has 3 rings (SSSR count). The number of rotatable bonds is 4. The summed E-state index contributed by atoms with van der Waals surface area (Å²) < 4.78 is 0. The van der Waals surface area contributed by atoms with E-state index in [9.17, 15) is 4.79 Å². The van der Waals surface area contributed by atoms with Gasteiger partial charge in [-0.25, -0.2) is 4.79 Å². The second-order valence-corrected chi connectivity index (χ2v) is 6.20. The van der Waals surface area contributed by atoms with Crippen molar-refractivity contribution < 1.29 is 4.79 Å². The number of para-hydroxylation sites is 2. The molecule has 23 heavy (non-hydrogen) atoms. The minimum atomic E-state index is -0.0482. The van der Waals surface area contributed by atoms with E-state index in [1.807, 2.05) is 60.7 Å². The Morgan fingerprint density at radius 1 is 0.870 bits per heavy atom. The van der Waals surface area contributed by atoms with Gasteiger partial charge >= 0.3 is 6.03 Å². The Morgan fingerprint density at radius 2 is 1.39 bits per heavy atom. The first-order chi connectivity index (χ1) is 11.3. The van der Waals surface area contributed by atoms with Crippen molar-refractivity contribution in [1.29, 1.82) is 0 Å². The zero-order valence-electron chi connectivity index (χ0n) is 13.4. The summed E-state index contributed by atoms with van der Waals surface area (Å²) in [7, 11) is 0. The predicted octanol–water partition coefficient (Wildman–Crippen LogP) is 5.11. The number of nitrogens with zero attached hydrogens (tertiary/aromatic N) is 1. The summed E-state index contributed by atoms with van der Waals surface area (Å²) in [4.78, 5) is 14.6. The molecule has 120 valence electrons. The minimum absolute atomic E-state index is 0.0482. The molecule has 0 unspecified atom stereocenters. The molecular weight excluding hydrogens is 284 g/mol. The highest BCUT2D eigenvalue weighted by molar-refractivity contribution is 5.99. The fraction of sp³-hybridized carbons (Fsp3) is 0.350. The molecule has 0 radical (unpaired) electrons. The van der Waals surface area contributed by atoms with Crippen LogP contribution in [0.3, 0.4) is 0 Å². The molecule has 0 spiro atoms. The quantitative estimate of drug-likeness (QED) is 0.836. The number of anilines is 2. The number of hydrogen-bond donors (Lipinski definition) is 1. The molecular formula is C20H24N2O. The van der Waals surface area contributed by atoms with Crippen LogP contribution < -0.4 is 10.2 Å². The second kappa shape index (κ2) is 7.82. The number of hydrogen-bond acceptors (Lipinski definition) is 1. The Balaban J connectivity index is 1.74. The summed E-state index contributed by atoms with van der Waals surface area (Å²) in [5.41, 5.74) is 1.78. The number of amides is 2. The molecule has 1 N–H and O–H groups in total. The number of urea groups is 1. The second-order valence-electron chi connectivity index (χ2n) is 6.20. The largest absolute Gasteiger partial charge is 0.337 e. The van der Waals surface area contributed by atoms with E-state index in [1.54, 1.807) is 4.90 Å². The zero-order chi connectivity index (χ0) is 15.9. The molecule has 2 aromatic carbocycles. The molecule has 0 aliphatic heterocycles. The van der Waals surface area contributed by atoms with Crippen molar-refractivity contribution in [3.63, 3.8) is 0 Å². The molecule has 0 saturated heterocycles. The summed E-state index contributed by atoms with van der Waals surface area (Å²) in [6, 6.07) is 19.6. The highest BCUT2D eigenvalue weighted by atomic mass is 16.2. The van der Waals surface area contributed by atoms with Crippen LogP contribution in [0.25, 0.3) is 0 Å². The van der Waals surface area contributed by atoms with Crippen LogP contribution in [0.5, 0.6) is 0 Å². The average Bonchev–Trinajstić information content (AvgIpc) is 2.63. The van der Waals surface area contributed by atoms with E-state index in [0.29, 0.717) is 5.92 Å². The number of nitrogens with one attached hydrogen (secondary N) is 1. The van der Waals surface area contributed by atoms with Gasteiger partial charge in [-0.05, 0) is 43.0 Å². The normalized spacial score (nSPS) is 15.1. The van der Waals surface area contributed by atoms with Crippen LogP contribution in [0.15, 0.2) is 60.7 Å². The van der Waals surface area contributed by atoms with Crippen molar-refractivity contribution in [3.8, 4) is 0 Å². The van der Waals surface area contributed by atoms with Gasteiger partial charge in [0.25, 0.3) is 0 Å².